The van der Waals surface area contributed by atoms with Gasteiger partial charge in [-0.3, -0.25) is 10.1 Å². The zero-order valence-electron chi connectivity index (χ0n) is 12.3. The van der Waals surface area contributed by atoms with Gasteiger partial charge in [-0.2, -0.15) is 0 Å². The van der Waals surface area contributed by atoms with Gasteiger partial charge in [-0.05, 0) is 25.1 Å². The summed E-state index contributed by atoms with van der Waals surface area (Å²) < 4.78 is 10.4. The molecule has 0 radical (unpaired) electrons. The van der Waals surface area contributed by atoms with Crippen LogP contribution in [0.2, 0.25) is 5.02 Å². The molecule has 7 heteroatoms. The minimum atomic E-state index is -0.761. The quantitative estimate of drug-likeness (QED) is 0.347. The van der Waals surface area contributed by atoms with Gasteiger partial charge in [0.2, 0.25) is 0 Å². The van der Waals surface area contributed by atoms with Crippen LogP contribution in [-0.4, -0.2) is 24.1 Å². The maximum Gasteiger partial charge on any atom is 0.345 e. The molecule has 0 heterocycles. The van der Waals surface area contributed by atoms with Crippen molar-refractivity contribution in [3.8, 4) is 5.75 Å². The molecule has 0 saturated heterocycles. The number of para-hydroxylation sites is 2. The molecule has 0 saturated carbocycles. The Hall–Kier alpha value is -2.60. The van der Waals surface area contributed by atoms with Gasteiger partial charge < -0.3 is 9.47 Å². The number of carbonyl (C=O) groups excluding carboxylic acids is 1. The SMILES string of the molecule is Cc1cccc(C(=O)OCCOc2ccccc2Cl)c1[N+](=O)[O-]. The van der Waals surface area contributed by atoms with Crippen molar-refractivity contribution in [3.63, 3.8) is 0 Å². The second-order valence-electron chi connectivity index (χ2n) is 4.64. The van der Waals surface area contributed by atoms with Crippen LogP contribution >= 0.6 is 11.6 Å². The zero-order valence-corrected chi connectivity index (χ0v) is 13.1. The number of nitrogens with zero attached hydrogens (tertiary/aromatic N) is 1. The highest BCUT2D eigenvalue weighted by molar-refractivity contribution is 6.32. The Morgan fingerprint density at radius 1 is 1.17 bits per heavy atom. The number of carbonyl (C=O) groups is 1. The van der Waals surface area contributed by atoms with E-state index in [2.05, 4.69) is 0 Å². The Kier molecular flexibility index (Phi) is 5.54. The highest BCUT2D eigenvalue weighted by atomic mass is 35.5. The molecule has 0 bridgehead atoms. The normalized spacial score (nSPS) is 10.2. The molecular weight excluding hydrogens is 322 g/mol. The van der Waals surface area contributed by atoms with Crippen LogP contribution < -0.4 is 4.74 Å². The summed E-state index contributed by atoms with van der Waals surface area (Å²) in [6.07, 6.45) is 0. The predicted molar refractivity (Wildman–Crippen MR) is 85.1 cm³/mol. The highest BCUT2D eigenvalue weighted by Gasteiger charge is 2.23. The summed E-state index contributed by atoms with van der Waals surface area (Å²) in [5, 5.41) is 11.5. The fraction of sp³-hybridized carbons (Fsp3) is 0.188. The molecule has 2 aromatic rings. The Bertz CT molecular complexity index is 732. The Labute approximate surface area is 137 Å². The predicted octanol–water partition coefficient (Wildman–Crippen LogP) is 3.79. The van der Waals surface area contributed by atoms with E-state index in [0.29, 0.717) is 16.3 Å². The fourth-order valence-corrected chi connectivity index (χ4v) is 2.18. The maximum absolute atomic E-state index is 12.0. The first-order valence-electron chi connectivity index (χ1n) is 6.79. The van der Waals surface area contributed by atoms with Crippen LogP contribution in [-0.2, 0) is 4.74 Å². The van der Waals surface area contributed by atoms with Gasteiger partial charge in [-0.1, -0.05) is 35.9 Å². The van der Waals surface area contributed by atoms with E-state index in [1.165, 1.54) is 6.07 Å². The number of esters is 1. The molecule has 0 unspecified atom stereocenters. The second-order valence-corrected chi connectivity index (χ2v) is 5.05. The van der Waals surface area contributed by atoms with E-state index in [0.717, 1.165) is 0 Å². The molecule has 0 N–H and O–H groups in total. The third kappa shape index (κ3) is 4.20. The fourth-order valence-electron chi connectivity index (χ4n) is 1.99. The molecule has 0 aliphatic heterocycles. The smallest absolute Gasteiger partial charge is 0.345 e. The first-order chi connectivity index (χ1) is 11.0. The summed E-state index contributed by atoms with van der Waals surface area (Å²) in [6.45, 7) is 1.61. The van der Waals surface area contributed by atoms with E-state index >= 15 is 0 Å². The summed E-state index contributed by atoms with van der Waals surface area (Å²) in [5.41, 5.74) is 0.0778. The zero-order chi connectivity index (χ0) is 16.8. The van der Waals surface area contributed by atoms with E-state index in [1.54, 1.807) is 43.3 Å². The standard InChI is InChI=1S/C16H14ClNO5/c1-11-5-4-6-12(15(11)18(20)21)16(19)23-10-9-22-14-8-3-2-7-13(14)17/h2-8H,9-10H2,1H3. The van der Waals surface area contributed by atoms with Crippen LogP contribution in [0.1, 0.15) is 15.9 Å². The Morgan fingerprint density at radius 3 is 2.61 bits per heavy atom. The first kappa shape index (κ1) is 16.8. The topological polar surface area (TPSA) is 78.7 Å². The molecule has 0 aromatic heterocycles. The van der Waals surface area contributed by atoms with Gasteiger partial charge >= 0.3 is 5.97 Å². The van der Waals surface area contributed by atoms with E-state index in [9.17, 15) is 14.9 Å². The number of benzene rings is 2. The lowest BCUT2D eigenvalue weighted by Crippen LogP contribution is -2.14. The molecule has 120 valence electrons. The largest absolute Gasteiger partial charge is 0.488 e. The van der Waals surface area contributed by atoms with Gasteiger partial charge in [0.05, 0.1) is 9.95 Å². The van der Waals surface area contributed by atoms with Crippen molar-refractivity contribution in [2.24, 2.45) is 0 Å². The van der Waals surface area contributed by atoms with Crippen LogP contribution in [0.3, 0.4) is 0 Å². The number of halogens is 1. The summed E-state index contributed by atoms with van der Waals surface area (Å²) in [4.78, 5) is 22.5. The summed E-state index contributed by atoms with van der Waals surface area (Å²) in [6, 6.07) is 11.4. The van der Waals surface area contributed by atoms with Gasteiger partial charge in [-0.25, -0.2) is 4.79 Å². The Balaban J connectivity index is 1.95. The van der Waals surface area contributed by atoms with Crippen molar-refractivity contribution in [3.05, 3.63) is 68.7 Å². The molecular formula is C16H14ClNO5. The lowest BCUT2D eigenvalue weighted by atomic mass is 10.1. The lowest BCUT2D eigenvalue weighted by Gasteiger charge is -2.09. The van der Waals surface area contributed by atoms with Gasteiger partial charge in [0.1, 0.15) is 24.5 Å². The average Bonchev–Trinajstić information content (AvgIpc) is 2.52. The van der Waals surface area contributed by atoms with E-state index in [1.807, 2.05) is 0 Å². The summed E-state index contributed by atoms with van der Waals surface area (Å²) in [5.74, 6) is -0.282. The maximum atomic E-state index is 12.0. The third-order valence-corrected chi connectivity index (χ3v) is 3.36. The second kappa shape index (κ2) is 7.60. The van der Waals surface area contributed by atoms with Crippen LogP contribution in [0.15, 0.2) is 42.5 Å². The van der Waals surface area contributed by atoms with Crippen LogP contribution in [0, 0.1) is 17.0 Å². The van der Waals surface area contributed by atoms with Crippen molar-refractivity contribution in [1.82, 2.24) is 0 Å². The number of hydrogen-bond donors (Lipinski definition) is 0. The van der Waals surface area contributed by atoms with E-state index < -0.39 is 10.9 Å². The molecule has 0 aliphatic rings. The average molecular weight is 336 g/mol. The van der Waals surface area contributed by atoms with Crippen molar-refractivity contribution in [1.29, 1.82) is 0 Å². The molecule has 0 aliphatic carbocycles. The number of nitro benzene ring substituents is 1. The van der Waals surface area contributed by atoms with Crippen molar-refractivity contribution < 1.29 is 19.2 Å². The molecule has 2 rings (SSSR count). The molecule has 2 aromatic carbocycles. The molecule has 0 fully saturated rings. The van der Waals surface area contributed by atoms with Crippen LogP contribution in [0.4, 0.5) is 5.69 Å². The number of nitro groups is 1. The molecule has 0 amide bonds. The number of rotatable bonds is 6. The molecule has 23 heavy (non-hydrogen) atoms. The Morgan fingerprint density at radius 2 is 1.91 bits per heavy atom. The van der Waals surface area contributed by atoms with Gasteiger partial charge in [0.25, 0.3) is 5.69 Å². The van der Waals surface area contributed by atoms with Crippen molar-refractivity contribution in [2.45, 2.75) is 6.92 Å². The number of ether oxygens (including phenoxy) is 2. The van der Waals surface area contributed by atoms with Crippen LogP contribution in [0.5, 0.6) is 5.75 Å². The highest BCUT2D eigenvalue weighted by Crippen LogP contribution is 2.24. The van der Waals surface area contributed by atoms with Crippen LogP contribution in [0.25, 0.3) is 0 Å². The van der Waals surface area contributed by atoms with Gasteiger partial charge in [0, 0.05) is 5.56 Å². The number of aryl methyl sites for hydroxylation is 1. The minimum Gasteiger partial charge on any atom is -0.488 e. The monoisotopic (exact) mass is 335 g/mol. The summed E-state index contributed by atoms with van der Waals surface area (Å²) in [7, 11) is 0. The molecule has 6 nitrogen and oxygen atoms in total. The molecule has 0 spiro atoms. The first-order valence-corrected chi connectivity index (χ1v) is 7.17. The minimum absolute atomic E-state index is 0.0465. The number of hydrogen-bond acceptors (Lipinski definition) is 5. The lowest BCUT2D eigenvalue weighted by molar-refractivity contribution is -0.385. The van der Waals surface area contributed by atoms with Gasteiger partial charge in [0.15, 0.2) is 0 Å². The van der Waals surface area contributed by atoms with Gasteiger partial charge in [-0.15, -0.1) is 0 Å². The van der Waals surface area contributed by atoms with E-state index in [4.69, 9.17) is 21.1 Å². The van der Waals surface area contributed by atoms with E-state index in [-0.39, 0.29) is 24.5 Å². The third-order valence-electron chi connectivity index (χ3n) is 3.05. The van der Waals surface area contributed by atoms with Crippen molar-refractivity contribution in [2.75, 3.05) is 13.2 Å². The summed E-state index contributed by atoms with van der Waals surface area (Å²) >= 11 is 5.93. The van der Waals surface area contributed by atoms with Crippen molar-refractivity contribution >= 4 is 23.3 Å². The molecule has 0 atom stereocenters.